The summed E-state index contributed by atoms with van der Waals surface area (Å²) in [5.41, 5.74) is 4.71. The number of hydrogen-bond acceptors (Lipinski definition) is 4. The lowest BCUT2D eigenvalue weighted by Gasteiger charge is -2.23. The Balaban J connectivity index is 2.29. The highest BCUT2D eigenvalue weighted by Crippen LogP contribution is 2.46. The summed E-state index contributed by atoms with van der Waals surface area (Å²) in [7, 11) is 0. The zero-order valence-electron chi connectivity index (χ0n) is 7.03. The van der Waals surface area contributed by atoms with Gasteiger partial charge in [0.2, 0.25) is 0 Å². The largest absolute Gasteiger partial charge is 0.381 e. The van der Waals surface area contributed by atoms with Crippen LogP contribution in [0.5, 0.6) is 0 Å². The van der Waals surface area contributed by atoms with E-state index in [1.54, 1.807) is 0 Å². The lowest BCUT2D eigenvalue weighted by atomic mass is 9.99. The minimum absolute atomic E-state index is 0.262. The van der Waals surface area contributed by atoms with E-state index in [1.807, 2.05) is 5.38 Å². The minimum atomic E-state index is -0.878. The highest BCUT2D eigenvalue weighted by atomic mass is 79.9. The number of halogens is 1. The van der Waals surface area contributed by atoms with Gasteiger partial charge in [-0.3, -0.25) is 0 Å². The van der Waals surface area contributed by atoms with Crippen molar-refractivity contribution in [2.24, 2.45) is 11.7 Å². The normalized spacial score (nSPS) is 21.5. The number of nitrogens with two attached hydrogens (primary N) is 1. The van der Waals surface area contributed by atoms with Gasteiger partial charge in [-0.1, -0.05) is 0 Å². The van der Waals surface area contributed by atoms with E-state index >= 15 is 0 Å². The molecule has 0 radical (unpaired) electrons. The van der Waals surface area contributed by atoms with Crippen LogP contribution >= 0.6 is 27.3 Å². The average molecular weight is 263 g/mol. The van der Waals surface area contributed by atoms with Crippen molar-refractivity contribution in [1.29, 1.82) is 0 Å². The summed E-state index contributed by atoms with van der Waals surface area (Å²) in [6.45, 7) is 0.262. The van der Waals surface area contributed by atoms with Gasteiger partial charge in [0.05, 0.1) is 0 Å². The molecule has 1 fully saturated rings. The number of nitrogens with zero attached hydrogens (tertiary/aromatic N) is 1. The van der Waals surface area contributed by atoms with Gasteiger partial charge in [-0.25, -0.2) is 4.98 Å². The molecule has 1 heterocycles. The zero-order chi connectivity index (χ0) is 9.47. The van der Waals surface area contributed by atoms with Crippen LogP contribution in [-0.4, -0.2) is 16.6 Å². The van der Waals surface area contributed by atoms with Gasteiger partial charge >= 0.3 is 0 Å². The molecule has 5 heteroatoms. The van der Waals surface area contributed by atoms with Gasteiger partial charge in [0, 0.05) is 11.9 Å². The molecule has 13 heavy (non-hydrogen) atoms. The summed E-state index contributed by atoms with van der Waals surface area (Å²) in [6.07, 6.45) is 2.12. The Kier molecular flexibility index (Phi) is 2.44. The average Bonchev–Trinajstić information content (AvgIpc) is 2.89. The highest BCUT2D eigenvalue weighted by Gasteiger charge is 2.46. The molecular formula is C8H11BrN2OS. The second-order valence-corrected chi connectivity index (χ2v) is 5.05. The quantitative estimate of drug-likeness (QED) is 0.868. The van der Waals surface area contributed by atoms with Crippen molar-refractivity contribution in [3.63, 3.8) is 0 Å². The van der Waals surface area contributed by atoms with Gasteiger partial charge in [-0.05, 0) is 34.7 Å². The summed E-state index contributed by atoms with van der Waals surface area (Å²) in [4.78, 5) is 4.22. The molecule has 0 aromatic carbocycles. The summed E-state index contributed by atoms with van der Waals surface area (Å²) in [5, 5.41) is 12.9. The maximum Gasteiger partial charge on any atom is 0.131 e. The minimum Gasteiger partial charge on any atom is -0.381 e. The van der Waals surface area contributed by atoms with Crippen LogP contribution in [0, 0.1) is 5.92 Å². The molecule has 1 aromatic heterocycles. The van der Waals surface area contributed by atoms with Crippen LogP contribution in [0.25, 0.3) is 0 Å². The monoisotopic (exact) mass is 262 g/mol. The second kappa shape index (κ2) is 3.31. The van der Waals surface area contributed by atoms with Gasteiger partial charge in [-0.15, -0.1) is 11.3 Å². The van der Waals surface area contributed by atoms with E-state index in [1.165, 1.54) is 11.3 Å². The predicted octanol–water partition coefficient (Wildman–Crippen LogP) is 1.46. The van der Waals surface area contributed by atoms with Crippen LogP contribution in [-0.2, 0) is 5.60 Å². The molecule has 2 rings (SSSR count). The molecule has 1 saturated carbocycles. The van der Waals surface area contributed by atoms with Crippen LogP contribution in [0.4, 0.5) is 0 Å². The van der Waals surface area contributed by atoms with Crippen LogP contribution in [0.2, 0.25) is 0 Å². The molecule has 0 saturated heterocycles. The molecule has 3 N–H and O–H groups in total. The number of aromatic nitrogens is 1. The smallest absolute Gasteiger partial charge is 0.131 e. The molecule has 0 amide bonds. The second-order valence-electron chi connectivity index (χ2n) is 3.38. The number of hydrogen-bond donors (Lipinski definition) is 2. The van der Waals surface area contributed by atoms with Crippen LogP contribution in [0.3, 0.4) is 0 Å². The Labute approximate surface area is 89.1 Å². The zero-order valence-corrected chi connectivity index (χ0v) is 9.44. The van der Waals surface area contributed by atoms with Gasteiger partial charge in [-0.2, -0.15) is 0 Å². The third-order valence-corrected chi connectivity index (χ3v) is 4.13. The van der Waals surface area contributed by atoms with Crippen molar-refractivity contribution in [3.8, 4) is 0 Å². The fourth-order valence-electron chi connectivity index (χ4n) is 1.44. The first-order valence-corrected chi connectivity index (χ1v) is 5.88. The first-order chi connectivity index (χ1) is 6.16. The van der Waals surface area contributed by atoms with E-state index in [0.717, 1.165) is 22.5 Å². The van der Waals surface area contributed by atoms with Crippen LogP contribution < -0.4 is 5.73 Å². The molecule has 0 aliphatic heterocycles. The molecule has 1 aliphatic carbocycles. The van der Waals surface area contributed by atoms with Crippen molar-refractivity contribution in [2.75, 3.05) is 6.54 Å². The lowest BCUT2D eigenvalue weighted by molar-refractivity contribution is 0.0219. The summed E-state index contributed by atoms with van der Waals surface area (Å²) < 4.78 is 0.778. The van der Waals surface area contributed by atoms with Crippen molar-refractivity contribution >= 4 is 27.3 Å². The molecule has 1 unspecified atom stereocenters. The fraction of sp³-hybridized carbons (Fsp3) is 0.625. The van der Waals surface area contributed by atoms with E-state index in [2.05, 4.69) is 20.9 Å². The van der Waals surface area contributed by atoms with Gasteiger partial charge < -0.3 is 10.8 Å². The standard InChI is InChI=1S/C8H11BrN2OS/c9-6-3-13-7(11-6)8(12,4-10)5-1-2-5/h3,5,12H,1-2,4,10H2. The van der Waals surface area contributed by atoms with Crippen molar-refractivity contribution in [3.05, 3.63) is 15.0 Å². The molecular weight excluding hydrogens is 252 g/mol. The number of rotatable bonds is 3. The van der Waals surface area contributed by atoms with E-state index < -0.39 is 5.60 Å². The summed E-state index contributed by atoms with van der Waals surface area (Å²) in [6, 6.07) is 0. The SMILES string of the molecule is NCC(O)(c1nc(Br)cs1)C1CC1. The van der Waals surface area contributed by atoms with Crippen molar-refractivity contribution < 1.29 is 5.11 Å². The molecule has 72 valence electrons. The fourth-order valence-corrected chi connectivity index (χ4v) is 2.88. The Morgan fingerprint density at radius 1 is 1.77 bits per heavy atom. The maximum absolute atomic E-state index is 10.2. The Bertz CT molecular complexity index is 313. The van der Waals surface area contributed by atoms with E-state index in [0.29, 0.717) is 5.92 Å². The molecule has 0 spiro atoms. The first kappa shape index (κ1) is 9.58. The highest BCUT2D eigenvalue weighted by molar-refractivity contribution is 9.10. The van der Waals surface area contributed by atoms with Gasteiger partial charge in [0.1, 0.15) is 15.2 Å². The van der Waals surface area contributed by atoms with Gasteiger partial charge in [0.25, 0.3) is 0 Å². The van der Waals surface area contributed by atoms with Crippen LogP contribution in [0.1, 0.15) is 17.8 Å². The number of thiazole rings is 1. The van der Waals surface area contributed by atoms with Crippen LogP contribution in [0.15, 0.2) is 9.98 Å². The predicted molar refractivity (Wildman–Crippen MR) is 55.5 cm³/mol. The Morgan fingerprint density at radius 3 is 2.85 bits per heavy atom. The third kappa shape index (κ3) is 1.66. The van der Waals surface area contributed by atoms with E-state index in [9.17, 15) is 5.11 Å². The first-order valence-electron chi connectivity index (χ1n) is 4.21. The van der Waals surface area contributed by atoms with E-state index in [-0.39, 0.29) is 6.54 Å². The third-order valence-electron chi connectivity index (χ3n) is 2.41. The summed E-state index contributed by atoms with van der Waals surface area (Å²) >= 11 is 4.73. The summed E-state index contributed by atoms with van der Waals surface area (Å²) in [5.74, 6) is 0.315. The Hall–Kier alpha value is 0.0300. The Morgan fingerprint density at radius 2 is 2.46 bits per heavy atom. The molecule has 1 aromatic rings. The maximum atomic E-state index is 10.2. The molecule has 1 aliphatic rings. The lowest BCUT2D eigenvalue weighted by Crippen LogP contribution is -2.37. The molecule has 0 bridgehead atoms. The molecule has 1 atom stereocenters. The van der Waals surface area contributed by atoms with Crippen molar-refractivity contribution in [1.82, 2.24) is 4.98 Å². The van der Waals surface area contributed by atoms with Gasteiger partial charge in [0.15, 0.2) is 0 Å². The number of aliphatic hydroxyl groups is 1. The van der Waals surface area contributed by atoms with E-state index in [4.69, 9.17) is 5.73 Å². The van der Waals surface area contributed by atoms with Crippen molar-refractivity contribution in [2.45, 2.75) is 18.4 Å². The molecule has 3 nitrogen and oxygen atoms in total. The topological polar surface area (TPSA) is 59.1 Å².